The smallest absolute Gasteiger partial charge is 0.128 e. The Hall–Kier alpha value is -0.0200. The Bertz CT molecular complexity index is 141. The van der Waals surface area contributed by atoms with E-state index in [2.05, 4.69) is 0 Å². The van der Waals surface area contributed by atoms with Gasteiger partial charge in [0.1, 0.15) is 6.29 Å². The molecular formula is C9H16O2S. The predicted molar refractivity (Wildman–Crippen MR) is 51.5 cm³/mol. The molecule has 1 saturated heterocycles. The number of hydrogen-bond acceptors (Lipinski definition) is 3. The summed E-state index contributed by atoms with van der Waals surface area (Å²) in [5, 5.41) is 0. The molecule has 0 unspecified atom stereocenters. The molecule has 0 aromatic rings. The van der Waals surface area contributed by atoms with E-state index in [0.717, 1.165) is 30.6 Å². The third-order valence-electron chi connectivity index (χ3n) is 2.33. The molecule has 0 aromatic heterocycles. The number of aldehydes is 1. The van der Waals surface area contributed by atoms with Crippen LogP contribution in [0.1, 0.15) is 19.8 Å². The van der Waals surface area contributed by atoms with Crippen LogP contribution in [0.15, 0.2) is 0 Å². The second-order valence-electron chi connectivity index (χ2n) is 3.23. The van der Waals surface area contributed by atoms with Crippen LogP contribution in [0.3, 0.4) is 0 Å². The Morgan fingerprint density at radius 3 is 2.67 bits per heavy atom. The fraction of sp³-hybridized carbons (Fsp3) is 0.889. The highest BCUT2D eigenvalue weighted by Crippen LogP contribution is 2.33. The van der Waals surface area contributed by atoms with Crippen molar-refractivity contribution in [3.63, 3.8) is 0 Å². The maximum atomic E-state index is 10.9. The van der Waals surface area contributed by atoms with Crippen LogP contribution in [-0.4, -0.2) is 31.0 Å². The summed E-state index contributed by atoms with van der Waals surface area (Å²) in [6.07, 6.45) is 3.07. The second-order valence-corrected chi connectivity index (χ2v) is 4.45. The first kappa shape index (κ1) is 10.1. The summed E-state index contributed by atoms with van der Waals surface area (Å²) in [5.74, 6) is 2.21. The van der Waals surface area contributed by atoms with E-state index < -0.39 is 0 Å². The molecule has 1 heterocycles. The van der Waals surface area contributed by atoms with Gasteiger partial charge >= 0.3 is 0 Å². The van der Waals surface area contributed by atoms with Crippen molar-refractivity contribution in [1.29, 1.82) is 0 Å². The molecule has 2 nitrogen and oxygen atoms in total. The summed E-state index contributed by atoms with van der Waals surface area (Å²) in [6.45, 7) is 3.30. The summed E-state index contributed by atoms with van der Waals surface area (Å²) in [4.78, 5) is 10.9. The Labute approximate surface area is 78.1 Å². The monoisotopic (exact) mass is 188 g/mol. The number of rotatable bonds is 4. The Kier molecular flexibility index (Phi) is 4.09. The molecule has 1 rings (SSSR count). The average Bonchev–Trinajstić information content (AvgIpc) is 2.16. The van der Waals surface area contributed by atoms with Crippen LogP contribution >= 0.6 is 11.8 Å². The number of hydrogen-bond donors (Lipinski definition) is 0. The molecule has 0 N–H and O–H groups in total. The fourth-order valence-corrected chi connectivity index (χ4v) is 2.69. The Balaban J connectivity index is 2.42. The zero-order valence-corrected chi connectivity index (χ0v) is 8.36. The lowest BCUT2D eigenvalue weighted by molar-refractivity contribution is -0.120. The van der Waals surface area contributed by atoms with Crippen molar-refractivity contribution in [3.05, 3.63) is 0 Å². The minimum Gasteiger partial charge on any atom is -0.381 e. The highest BCUT2D eigenvalue weighted by molar-refractivity contribution is 7.99. The molecule has 1 aliphatic rings. The molecule has 1 fully saturated rings. The van der Waals surface area contributed by atoms with Gasteiger partial charge in [-0.05, 0) is 31.3 Å². The number of ether oxygens (including phenoxy) is 1. The topological polar surface area (TPSA) is 26.3 Å². The molecule has 0 amide bonds. The van der Waals surface area contributed by atoms with E-state index in [1.807, 2.05) is 18.7 Å². The highest BCUT2D eigenvalue weighted by Gasteiger charge is 2.31. The summed E-state index contributed by atoms with van der Waals surface area (Å²) in [7, 11) is 0. The van der Waals surface area contributed by atoms with Gasteiger partial charge in [0.15, 0.2) is 0 Å². The number of carbonyl (C=O) groups is 1. The molecule has 0 spiro atoms. The van der Waals surface area contributed by atoms with Crippen molar-refractivity contribution in [3.8, 4) is 0 Å². The van der Waals surface area contributed by atoms with Crippen molar-refractivity contribution < 1.29 is 9.53 Å². The first-order valence-electron chi connectivity index (χ1n) is 4.45. The minimum absolute atomic E-state index is 0.152. The van der Waals surface area contributed by atoms with Gasteiger partial charge in [-0.3, -0.25) is 0 Å². The standard InChI is InChI=1S/C9H16O2S/c1-2-11-8-9(7-10)3-5-12-6-4-9/h7H,2-6,8H2,1H3. The highest BCUT2D eigenvalue weighted by atomic mass is 32.2. The lowest BCUT2D eigenvalue weighted by Crippen LogP contribution is -2.33. The molecule has 0 aliphatic carbocycles. The SMILES string of the molecule is CCOCC1(C=O)CCSCC1. The molecule has 0 aromatic carbocycles. The van der Waals surface area contributed by atoms with Gasteiger partial charge in [0.05, 0.1) is 12.0 Å². The van der Waals surface area contributed by atoms with Crippen LogP contribution in [0.4, 0.5) is 0 Å². The predicted octanol–water partition coefficient (Wildman–Crippen LogP) is 1.74. The van der Waals surface area contributed by atoms with Gasteiger partial charge in [-0.15, -0.1) is 0 Å². The quantitative estimate of drug-likeness (QED) is 0.629. The first-order valence-corrected chi connectivity index (χ1v) is 5.60. The van der Waals surface area contributed by atoms with Crippen LogP contribution in [0, 0.1) is 5.41 Å². The van der Waals surface area contributed by atoms with Gasteiger partial charge in [-0.1, -0.05) is 0 Å². The maximum Gasteiger partial charge on any atom is 0.128 e. The van der Waals surface area contributed by atoms with Gasteiger partial charge in [-0.25, -0.2) is 0 Å². The minimum atomic E-state index is -0.152. The maximum absolute atomic E-state index is 10.9. The van der Waals surface area contributed by atoms with E-state index in [4.69, 9.17) is 4.74 Å². The Morgan fingerprint density at radius 2 is 2.17 bits per heavy atom. The molecule has 0 radical (unpaired) electrons. The van der Waals surface area contributed by atoms with E-state index in [9.17, 15) is 4.79 Å². The van der Waals surface area contributed by atoms with E-state index in [0.29, 0.717) is 13.2 Å². The van der Waals surface area contributed by atoms with Crippen molar-refractivity contribution in [1.82, 2.24) is 0 Å². The Morgan fingerprint density at radius 1 is 1.50 bits per heavy atom. The summed E-state index contributed by atoms with van der Waals surface area (Å²) < 4.78 is 5.33. The van der Waals surface area contributed by atoms with Crippen LogP contribution in [-0.2, 0) is 9.53 Å². The molecule has 3 heteroatoms. The van der Waals surface area contributed by atoms with Crippen LogP contribution in [0.5, 0.6) is 0 Å². The van der Waals surface area contributed by atoms with Crippen molar-refractivity contribution in [2.45, 2.75) is 19.8 Å². The molecule has 0 bridgehead atoms. The average molecular weight is 188 g/mol. The van der Waals surface area contributed by atoms with Crippen LogP contribution in [0.2, 0.25) is 0 Å². The van der Waals surface area contributed by atoms with Gasteiger partial charge in [-0.2, -0.15) is 11.8 Å². The number of carbonyl (C=O) groups excluding carboxylic acids is 1. The molecule has 12 heavy (non-hydrogen) atoms. The lowest BCUT2D eigenvalue weighted by atomic mass is 9.84. The van der Waals surface area contributed by atoms with E-state index in [1.165, 1.54) is 0 Å². The largest absolute Gasteiger partial charge is 0.381 e. The third-order valence-corrected chi connectivity index (χ3v) is 3.32. The molecular weight excluding hydrogens is 172 g/mol. The van der Waals surface area contributed by atoms with Crippen LogP contribution in [0.25, 0.3) is 0 Å². The molecule has 70 valence electrons. The van der Waals surface area contributed by atoms with E-state index in [1.54, 1.807) is 0 Å². The number of thioether (sulfide) groups is 1. The molecule has 0 atom stereocenters. The van der Waals surface area contributed by atoms with Gasteiger partial charge in [0.25, 0.3) is 0 Å². The summed E-state index contributed by atoms with van der Waals surface area (Å²) >= 11 is 1.93. The third kappa shape index (κ3) is 2.49. The summed E-state index contributed by atoms with van der Waals surface area (Å²) in [5.41, 5.74) is -0.152. The van der Waals surface area contributed by atoms with E-state index in [-0.39, 0.29) is 5.41 Å². The molecule has 0 saturated carbocycles. The lowest BCUT2D eigenvalue weighted by Gasteiger charge is -2.30. The normalized spacial score (nSPS) is 22.1. The fourth-order valence-electron chi connectivity index (χ4n) is 1.38. The van der Waals surface area contributed by atoms with Crippen LogP contribution < -0.4 is 0 Å². The molecule has 1 aliphatic heterocycles. The van der Waals surface area contributed by atoms with Crippen molar-refractivity contribution >= 4 is 18.0 Å². The van der Waals surface area contributed by atoms with Crippen molar-refractivity contribution in [2.24, 2.45) is 5.41 Å². The zero-order valence-electron chi connectivity index (χ0n) is 7.54. The van der Waals surface area contributed by atoms with Crippen molar-refractivity contribution in [2.75, 3.05) is 24.7 Å². The second kappa shape index (κ2) is 4.87. The van der Waals surface area contributed by atoms with E-state index >= 15 is 0 Å². The van der Waals surface area contributed by atoms with Gasteiger partial charge in [0, 0.05) is 6.61 Å². The van der Waals surface area contributed by atoms with Gasteiger partial charge in [0.2, 0.25) is 0 Å². The summed E-state index contributed by atoms with van der Waals surface area (Å²) in [6, 6.07) is 0. The first-order chi connectivity index (χ1) is 5.83. The van der Waals surface area contributed by atoms with Gasteiger partial charge < -0.3 is 9.53 Å². The zero-order chi connectivity index (χ0) is 8.86.